The fraction of sp³-hybridized carbons (Fsp3) is 0.900. The molecule has 1 saturated carbocycles. The van der Waals surface area contributed by atoms with Crippen LogP contribution in [-0.4, -0.2) is 34.9 Å². The molecule has 0 bridgehead atoms. The Labute approximate surface area is 84.3 Å². The van der Waals surface area contributed by atoms with Crippen molar-refractivity contribution in [1.29, 1.82) is 0 Å². The van der Waals surface area contributed by atoms with Crippen LogP contribution >= 0.6 is 0 Å². The first-order valence-corrected chi connectivity index (χ1v) is 5.32. The zero-order chi connectivity index (χ0) is 10.4. The first kappa shape index (κ1) is 11.5. The molecule has 82 valence electrons. The second kappa shape index (κ2) is 5.98. The van der Waals surface area contributed by atoms with Gasteiger partial charge in [0.1, 0.15) is 0 Å². The third kappa shape index (κ3) is 3.64. The van der Waals surface area contributed by atoms with E-state index in [0.717, 1.165) is 25.7 Å². The zero-order valence-corrected chi connectivity index (χ0v) is 8.41. The maximum absolute atomic E-state index is 11.3. The summed E-state index contributed by atoms with van der Waals surface area (Å²) in [6.45, 7) is 0.0423. The molecular weight excluding hydrogens is 182 g/mol. The molecule has 4 heteroatoms. The quantitative estimate of drug-likeness (QED) is 0.607. The highest BCUT2D eigenvalue weighted by Gasteiger charge is 2.23. The molecule has 0 aromatic heterocycles. The van der Waals surface area contributed by atoms with E-state index in [9.17, 15) is 9.90 Å². The first-order valence-electron chi connectivity index (χ1n) is 5.32. The molecule has 1 amide bonds. The normalized spacial score (nSPS) is 27.3. The molecule has 3 N–H and O–H groups in total. The molecule has 0 saturated heterocycles. The average Bonchev–Trinajstić information content (AvgIpc) is 2.18. The molecule has 14 heavy (non-hydrogen) atoms. The summed E-state index contributed by atoms with van der Waals surface area (Å²) in [7, 11) is 0. The van der Waals surface area contributed by atoms with Crippen molar-refractivity contribution in [3.8, 4) is 0 Å². The molecule has 2 atom stereocenters. The Morgan fingerprint density at radius 1 is 1.36 bits per heavy atom. The number of aliphatic hydroxyl groups excluding tert-OH is 2. The number of rotatable bonds is 4. The van der Waals surface area contributed by atoms with Crippen LogP contribution < -0.4 is 5.32 Å². The molecule has 0 aliphatic heterocycles. The molecule has 2 unspecified atom stereocenters. The van der Waals surface area contributed by atoms with Gasteiger partial charge in [0.05, 0.1) is 12.1 Å². The molecule has 0 spiro atoms. The summed E-state index contributed by atoms with van der Waals surface area (Å²) < 4.78 is 0. The number of hydrogen-bond acceptors (Lipinski definition) is 3. The minimum atomic E-state index is -0.387. The van der Waals surface area contributed by atoms with Gasteiger partial charge in [-0.05, 0) is 19.3 Å². The minimum absolute atomic E-state index is 0.0423. The third-order valence-electron chi connectivity index (χ3n) is 2.64. The molecule has 1 rings (SSSR count). The van der Waals surface area contributed by atoms with E-state index in [1.165, 1.54) is 0 Å². The molecule has 4 nitrogen and oxygen atoms in total. The van der Waals surface area contributed by atoms with Crippen LogP contribution in [0.15, 0.2) is 0 Å². The van der Waals surface area contributed by atoms with Crippen LogP contribution in [-0.2, 0) is 4.79 Å². The van der Waals surface area contributed by atoms with Crippen molar-refractivity contribution in [1.82, 2.24) is 5.32 Å². The lowest BCUT2D eigenvalue weighted by molar-refractivity contribution is -0.123. The predicted molar refractivity (Wildman–Crippen MR) is 52.7 cm³/mol. The van der Waals surface area contributed by atoms with Crippen molar-refractivity contribution in [3.63, 3.8) is 0 Å². The van der Waals surface area contributed by atoms with Crippen molar-refractivity contribution >= 4 is 5.91 Å². The summed E-state index contributed by atoms with van der Waals surface area (Å²) >= 11 is 0. The Morgan fingerprint density at radius 3 is 2.71 bits per heavy atom. The van der Waals surface area contributed by atoms with E-state index >= 15 is 0 Å². The monoisotopic (exact) mass is 201 g/mol. The number of aliphatic hydroxyl groups is 2. The topological polar surface area (TPSA) is 69.6 Å². The van der Waals surface area contributed by atoms with Gasteiger partial charge in [-0.1, -0.05) is 12.8 Å². The van der Waals surface area contributed by atoms with E-state index in [1.807, 2.05) is 0 Å². The van der Waals surface area contributed by atoms with Gasteiger partial charge in [-0.25, -0.2) is 0 Å². The SMILES string of the molecule is O=C(CCCO)NC1CCCCC1O. The number of carbonyl (C=O) groups is 1. The maximum Gasteiger partial charge on any atom is 0.220 e. The van der Waals surface area contributed by atoms with Crippen molar-refractivity contribution in [2.24, 2.45) is 0 Å². The van der Waals surface area contributed by atoms with Gasteiger partial charge < -0.3 is 15.5 Å². The van der Waals surface area contributed by atoms with Gasteiger partial charge in [-0.2, -0.15) is 0 Å². The highest BCUT2D eigenvalue weighted by atomic mass is 16.3. The molecule has 0 aromatic carbocycles. The van der Waals surface area contributed by atoms with Crippen LogP contribution in [0.25, 0.3) is 0 Å². The van der Waals surface area contributed by atoms with Crippen LogP contribution in [0.4, 0.5) is 0 Å². The minimum Gasteiger partial charge on any atom is -0.396 e. The van der Waals surface area contributed by atoms with E-state index in [4.69, 9.17) is 5.11 Å². The van der Waals surface area contributed by atoms with Crippen LogP contribution in [0.1, 0.15) is 38.5 Å². The zero-order valence-electron chi connectivity index (χ0n) is 8.41. The Balaban J connectivity index is 2.23. The Hall–Kier alpha value is -0.610. The van der Waals surface area contributed by atoms with E-state index in [2.05, 4.69) is 5.32 Å². The molecule has 1 aliphatic rings. The van der Waals surface area contributed by atoms with E-state index in [0.29, 0.717) is 12.8 Å². The molecule has 1 aliphatic carbocycles. The van der Waals surface area contributed by atoms with Gasteiger partial charge in [0.15, 0.2) is 0 Å². The van der Waals surface area contributed by atoms with Gasteiger partial charge in [0.25, 0.3) is 0 Å². The van der Waals surface area contributed by atoms with Gasteiger partial charge in [0.2, 0.25) is 5.91 Å². The second-order valence-electron chi connectivity index (χ2n) is 3.85. The largest absolute Gasteiger partial charge is 0.396 e. The lowest BCUT2D eigenvalue weighted by Crippen LogP contribution is -2.45. The fourth-order valence-electron chi connectivity index (χ4n) is 1.80. The van der Waals surface area contributed by atoms with E-state index in [1.54, 1.807) is 0 Å². The molecule has 0 heterocycles. The standard InChI is InChI=1S/C10H19NO3/c12-7-3-6-10(14)11-8-4-1-2-5-9(8)13/h8-9,12-13H,1-7H2,(H,11,14). The van der Waals surface area contributed by atoms with Crippen molar-refractivity contribution in [2.45, 2.75) is 50.7 Å². The fourth-order valence-corrected chi connectivity index (χ4v) is 1.80. The lowest BCUT2D eigenvalue weighted by atomic mass is 9.92. The Kier molecular flexibility index (Phi) is 4.90. The summed E-state index contributed by atoms with van der Waals surface area (Å²) in [6, 6.07) is -0.0741. The summed E-state index contributed by atoms with van der Waals surface area (Å²) in [4.78, 5) is 11.3. The van der Waals surface area contributed by atoms with E-state index in [-0.39, 0.29) is 24.7 Å². The maximum atomic E-state index is 11.3. The van der Waals surface area contributed by atoms with E-state index < -0.39 is 0 Å². The number of carbonyl (C=O) groups excluding carboxylic acids is 1. The summed E-state index contributed by atoms with van der Waals surface area (Å²) in [5, 5.41) is 20.9. The smallest absolute Gasteiger partial charge is 0.220 e. The van der Waals surface area contributed by atoms with Crippen LogP contribution in [0, 0.1) is 0 Å². The summed E-state index contributed by atoms with van der Waals surface area (Å²) in [6.07, 6.45) is 4.22. The Bertz CT molecular complexity index is 184. The number of hydrogen-bond donors (Lipinski definition) is 3. The van der Waals surface area contributed by atoms with Crippen LogP contribution in [0.2, 0.25) is 0 Å². The van der Waals surface area contributed by atoms with Gasteiger partial charge in [0, 0.05) is 13.0 Å². The van der Waals surface area contributed by atoms with Crippen molar-refractivity contribution in [2.75, 3.05) is 6.61 Å². The number of nitrogens with one attached hydrogen (secondary N) is 1. The summed E-state index contributed by atoms with van der Waals surface area (Å²) in [5.74, 6) is -0.0648. The Morgan fingerprint density at radius 2 is 2.07 bits per heavy atom. The molecule has 1 fully saturated rings. The average molecular weight is 201 g/mol. The number of amides is 1. The summed E-state index contributed by atoms with van der Waals surface area (Å²) in [5.41, 5.74) is 0. The third-order valence-corrected chi connectivity index (χ3v) is 2.64. The molecular formula is C10H19NO3. The van der Waals surface area contributed by atoms with Crippen molar-refractivity contribution < 1.29 is 15.0 Å². The highest BCUT2D eigenvalue weighted by molar-refractivity contribution is 5.76. The van der Waals surface area contributed by atoms with Crippen molar-refractivity contribution in [3.05, 3.63) is 0 Å². The molecule has 0 aromatic rings. The van der Waals surface area contributed by atoms with Gasteiger partial charge in [-0.3, -0.25) is 4.79 Å². The highest BCUT2D eigenvalue weighted by Crippen LogP contribution is 2.18. The van der Waals surface area contributed by atoms with Crippen LogP contribution in [0.5, 0.6) is 0 Å². The first-order chi connectivity index (χ1) is 6.74. The van der Waals surface area contributed by atoms with Crippen LogP contribution in [0.3, 0.4) is 0 Å². The second-order valence-corrected chi connectivity index (χ2v) is 3.85. The molecule has 0 radical (unpaired) electrons. The lowest BCUT2D eigenvalue weighted by Gasteiger charge is -2.28. The van der Waals surface area contributed by atoms with Gasteiger partial charge in [-0.15, -0.1) is 0 Å². The van der Waals surface area contributed by atoms with Gasteiger partial charge >= 0.3 is 0 Å². The predicted octanol–water partition coefficient (Wildman–Crippen LogP) is 0.179.